The third kappa shape index (κ3) is 7.71. The molecule has 0 unspecified atom stereocenters. The van der Waals surface area contributed by atoms with Crippen molar-refractivity contribution in [1.82, 2.24) is 0 Å². The zero-order valence-electron chi connectivity index (χ0n) is 12.9. The Balaban J connectivity index is 0.000000438. The average Bonchev–Trinajstić information content (AvgIpc) is 2.53. The first-order valence-corrected chi connectivity index (χ1v) is 7.00. The number of carbonyl (C=O) groups is 2. The largest absolute Gasteiger partial charge is 0.479 e. The zero-order chi connectivity index (χ0) is 18.0. The van der Waals surface area contributed by atoms with E-state index in [4.69, 9.17) is 31.9 Å². The Morgan fingerprint density at radius 2 is 1.43 bits per heavy atom. The van der Waals surface area contributed by atoms with Crippen molar-refractivity contribution >= 4 is 11.9 Å². The van der Waals surface area contributed by atoms with E-state index in [-0.39, 0.29) is 0 Å². The maximum Gasteiger partial charge on any atom is 0.335 e. The highest BCUT2D eigenvalue weighted by molar-refractivity contribution is 5.83. The molecule has 0 fully saturated rings. The lowest BCUT2D eigenvalue weighted by Crippen LogP contribution is -2.39. The number of nitrogens with two attached hydrogens (primary N) is 2. The molecule has 1 rings (SSSR count). The quantitative estimate of drug-likeness (QED) is 0.368. The first-order valence-electron chi connectivity index (χ1n) is 7.00. The van der Waals surface area contributed by atoms with Gasteiger partial charge in [-0.05, 0) is 43.5 Å². The summed E-state index contributed by atoms with van der Waals surface area (Å²) in [6.45, 7) is 3.47. The van der Waals surface area contributed by atoms with Gasteiger partial charge in [-0.3, -0.25) is 0 Å². The summed E-state index contributed by atoms with van der Waals surface area (Å²) < 4.78 is 0. The molecule has 0 saturated carbocycles. The van der Waals surface area contributed by atoms with Crippen molar-refractivity contribution in [2.24, 2.45) is 17.4 Å². The lowest BCUT2D eigenvalue weighted by Gasteiger charge is -2.13. The van der Waals surface area contributed by atoms with Crippen LogP contribution in [0.15, 0.2) is 24.3 Å². The lowest BCUT2D eigenvalue weighted by molar-refractivity contribution is -0.165. The van der Waals surface area contributed by atoms with Gasteiger partial charge >= 0.3 is 11.9 Å². The standard InChI is InChI=1S/C11H18N2.C4H6O6/c1-9-4-2-3-5-11(9)6-10(7-12)8-13;5-1(3(7)8)2(6)4(9)10/h2-5,10H,6-8,12-13H2,1H3;1-2,5-6H,(H,7,8)(H,9,10)/t;1-,2-/m.1/s1. The summed E-state index contributed by atoms with van der Waals surface area (Å²) in [4.78, 5) is 19.5. The van der Waals surface area contributed by atoms with Crippen LogP contribution in [0, 0.1) is 12.8 Å². The molecule has 0 aliphatic heterocycles. The van der Waals surface area contributed by atoms with E-state index in [2.05, 4.69) is 31.2 Å². The molecule has 1 aromatic rings. The number of benzene rings is 1. The van der Waals surface area contributed by atoms with Crippen molar-refractivity contribution in [3.05, 3.63) is 35.4 Å². The van der Waals surface area contributed by atoms with Crippen LogP contribution >= 0.6 is 0 Å². The van der Waals surface area contributed by atoms with E-state index in [1.54, 1.807) is 0 Å². The fourth-order valence-corrected chi connectivity index (χ4v) is 1.68. The Labute approximate surface area is 134 Å². The summed E-state index contributed by atoms with van der Waals surface area (Å²) in [5, 5.41) is 32.5. The minimum absolute atomic E-state index is 0.418. The van der Waals surface area contributed by atoms with E-state index < -0.39 is 24.1 Å². The second kappa shape index (κ2) is 10.7. The first kappa shape index (κ1) is 21.0. The van der Waals surface area contributed by atoms with E-state index in [9.17, 15) is 9.59 Å². The number of aliphatic hydroxyl groups excluding tert-OH is 2. The van der Waals surface area contributed by atoms with Crippen molar-refractivity contribution in [2.45, 2.75) is 25.6 Å². The highest BCUT2D eigenvalue weighted by Crippen LogP contribution is 2.11. The summed E-state index contributed by atoms with van der Waals surface area (Å²) in [6.07, 6.45) is -3.53. The molecule has 0 heterocycles. The molecular weight excluding hydrogens is 304 g/mol. The Kier molecular flexibility index (Phi) is 9.75. The van der Waals surface area contributed by atoms with E-state index in [1.807, 2.05) is 0 Å². The topological polar surface area (TPSA) is 167 Å². The van der Waals surface area contributed by atoms with Crippen molar-refractivity contribution in [3.63, 3.8) is 0 Å². The molecule has 0 aromatic heterocycles. The Morgan fingerprint density at radius 1 is 1.00 bits per heavy atom. The summed E-state index contributed by atoms with van der Waals surface area (Å²) >= 11 is 0. The van der Waals surface area contributed by atoms with Crippen LogP contribution in [0.3, 0.4) is 0 Å². The van der Waals surface area contributed by atoms with Gasteiger partial charge in [0, 0.05) is 0 Å². The number of carboxylic acid groups (broad SMARTS) is 2. The summed E-state index contributed by atoms with van der Waals surface area (Å²) in [6, 6.07) is 8.39. The third-order valence-corrected chi connectivity index (χ3v) is 3.24. The van der Waals surface area contributed by atoms with Crippen LogP contribution in [0.2, 0.25) is 0 Å². The number of hydrogen-bond acceptors (Lipinski definition) is 6. The highest BCUT2D eigenvalue weighted by atomic mass is 16.4. The van der Waals surface area contributed by atoms with Crippen LogP contribution in [-0.4, -0.2) is 57.7 Å². The highest BCUT2D eigenvalue weighted by Gasteiger charge is 2.29. The first-order chi connectivity index (χ1) is 10.7. The van der Waals surface area contributed by atoms with Crippen LogP contribution < -0.4 is 11.5 Å². The Hall–Kier alpha value is -2.00. The second-order valence-corrected chi connectivity index (χ2v) is 5.03. The molecule has 8 N–H and O–H groups in total. The molecule has 23 heavy (non-hydrogen) atoms. The third-order valence-electron chi connectivity index (χ3n) is 3.24. The van der Waals surface area contributed by atoms with Crippen LogP contribution in [0.5, 0.6) is 0 Å². The van der Waals surface area contributed by atoms with E-state index in [1.165, 1.54) is 11.1 Å². The van der Waals surface area contributed by atoms with Gasteiger partial charge in [0.05, 0.1) is 0 Å². The molecule has 2 atom stereocenters. The molecular formula is C15H24N2O6. The number of aliphatic carboxylic acids is 2. The molecule has 130 valence electrons. The van der Waals surface area contributed by atoms with Crippen LogP contribution in [0.1, 0.15) is 11.1 Å². The predicted molar refractivity (Wildman–Crippen MR) is 83.8 cm³/mol. The van der Waals surface area contributed by atoms with E-state index in [0.717, 1.165) is 6.42 Å². The molecule has 8 heteroatoms. The second-order valence-electron chi connectivity index (χ2n) is 5.03. The van der Waals surface area contributed by atoms with Crippen molar-refractivity contribution in [3.8, 4) is 0 Å². The van der Waals surface area contributed by atoms with Gasteiger partial charge in [-0.25, -0.2) is 9.59 Å². The number of rotatable bonds is 7. The average molecular weight is 328 g/mol. The fraction of sp³-hybridized carbons (Fsp3) is 0.467. The van der Waals surface area contributed by atoms with Gasteiger partial charge in [0.25, 0.3) is 0 Å². The van der Waals surface area contributed by atoms with Gasteiger partial charge in [0.1, 0.15) is 0 Å². The van der Waals surface area contributed by atoms with Crippen LogP contribution in [-0.2, 0) is 16.0 Å². The van der Waals surface area contributed by atoms with Crippen LogP contribution in [0.25, 0.3) is 0 Å². The summed E-state index contributed by atoms with van der Waals surface area (Å²) in [7, 11) is 0. The zero-order valence-corrected chi connectivity index (χ0v) is 12.9. The molecule has 0 spiro atoms. The normalized spacial score (nSPS) is 13.0. The van der Waals surface area contributed by atoms with Gasteiger partial charge in [-0.15, -0.1) is 0 Å². The molecule has 0 aliphatic rings. The minimum Gasteiger partial charge on any atom is -0.479 e. The molecule has 1 aromatic carbocycles. The summed E-state index contributed by atoms with van der Waals surface area (Å²) in [5.41, 5.74) is 13.9. The smallest absolute Gasteiger partial charge is 0.335 e. The van der Waals surface area contributed by atoms with Crippen molar-refractivity contribution in [1.29, 1.82) is 0 Å². The van der Waals surface area contributed by atoms with Crippen molar-refractivity contribution in [2.75, 3.05) is 13.1 Å². The molecule has 0 amide bonds. The number of carboxylic acids is 2. The van der Waals surface area contributed by atoms with Crippen molar-refractivity contribution < 1.29 is 30.0 Å². The maximum atomic E-state index is 9.77. The maximum absolute atomic E-state index is 9.77. The molecule has 8 nitrogen and oxygen atoms in total. The number of hydrogen-bond donors (Lipinski definition) is 6. The molecule has 0 aliphatic carbocycles. The Morgan fingerprint density at radius 3 is 1.78 bits per heavy atom. The minimum atomic E-state index is -2.27. The van der Waals surface area contributed by atoms with Crippen LogP contribution in [0.4, 0.5) is 0 Å². The van der Waals surface area contributed by atoms with Gasteiger partial charge in [0.2, 0.25) is 0 Å². The predicted octanol–water partition coefficient (Wildman–Crippen LogP) is -1.05. The number of aliphatic hydroxyl groups is 2. The van der Waals surface area contributed by atoms with Gasteiger partial charge < -0.3 is 31.9 Å². The fourth-order valence-electron chi connectivity index (χ4n) is 1.68. The molecule has 0 saturated heterocycles. The van der Waals surface area contributed by atoms with E-state index >= 15 is 0 Å². The lowest BCUT2D eigenvalue weighted by atomic mass is 9.96. The van der Waals surface area contributed by atoms with Gasteiger partial charge in [-0.2, -0.15) is 0 Å². The SMILES string of the molecule is Cc1ccccc1CC(CN)CN.O=C(O)[C@H](O)[C@@H](O)C(=O)O. The van der Waals surface area contributed by atoms with Gasteiger partial charge in [-0.1, -0.05) is 24.3 Å². The Bertz CT molecular complexity index is 486. The monoisotopic (exact) mass is 328 g/mol. The van der Waals surface area contributed by atoms with E-state index in [0.29, 0.717) is 19.0 Å². The molecule has 0 radical (unpaired) electrons. The van der Waals surface area contributed by atoms with Gasteiger partial charge in [0.15, 0.2) is 12.2 Å². The molecule has 0 bridgehead atoms. The summed E-state index contributed by atoms with van der Waals surface area (Å²) in [5.74, 6) is -3.12. The number of aryl methyl sites for hydroxylation is 1.